The van der Waals surface area contributed by atoms with Crippen molar-refractivity contribution >= 4 is 6.09 Å². The van der Waals surface area contributed by atoms with E-state index in [2.05, 4.69) is 11.9 Å². The Morgan fingerprint density at radius 2 is 1.94 bits per heavy atom. The summed E-state index contributed by atoms with van der Waals surface area (Å²) in [4.78, 5) is 11.6. The molecule has 1 rings (SSSR count). The molecule has 104 valence electrons. The second-order valence-electron chi connectivity index (χ2n) is 5.74. The summed E-state index contributed by atoms with van der Waals surface area (Å²) in [5, 5.41) is 2.92. The van der Waals surface area contributed by atoms with Gasteiger partial charge in [0, 0.05) is 6.04 Å². The summed E-state index contributed by atoms with van der Waals surface area (Å²) >= 11 is 0. The summed E-state index contributed by atoms with van der Waals surface area (Å²) in [6.07, 6.45) is 5.60. The van der Waals surface area contributed by atoms with Crippen molar-refractivity contribution in [2.45, 2.75) is 64.2 Å². The van der Waals surface area contributed by atoms with Gasteiger partial charge < -0.3 is 14.8 Å². The number of ether oxygens (including phenoxy) is 2. The zero-order valence-electron chi connectivity index (χ0n) is 11.7. The van der Waals surface area contributed by atoms with E-state index in [4.69, 9.17) is 9.47 Å². The fourth-order valence-electron chi connectivity index (χ4n) is 2.05. The largest absolute Gasteiger partial charge is 0.444 e. The summed E-state index contributed by atoms with van der Waals surface area (Å²) in [7, 11) is 0. The molecule has 0 unspecified atom stereocenters. The van der Waals surface area contributed by atoms with Gasteiger partial charge in [-0.2, -0.15) is 0 Å². The Labute approximate surface area is 110 Å². The fourth-order valence-corrected chi connectivity index (χ4v) is 2.05. The van der Waals surface area contributed by atoms with E-state index in [-0.39, 0.29) is 12.1 Å². The van der Waals surface area contributed by atoms with E-state index < -0.39 is 5.60 Å². The molecule has 0 aromatic carbocycles. The predicted octanol–water partition coefficient (Wildman–Crippen LogP) is 3.02. The van der Waals surface area contributed by atoms with Crippen LogP contribution in [-0.4, -0.2) is 30.4 Å². The van der Waals surface area contributed by atoms with Crippen LogP contribution in [0.2, 0.25) is 0 Å². The van der Waals surface area contributed by atoms with E-state index in [9.17, 15) is 4.79 Å². The van der Waals surface area contributed by atoms with Gasteiger partial charge in [-0.05, 0) is 46.5 Å². The van der Waals surface area contributed by atoms with E-state index in [1.54, 1.807) is 6.08 Å². The van der Waals surface area contributed by atoms with Crippen LogP contribution in [0.25, 0.3) is 0 Å². The van der Waals surface area contributed by atoms with Crippen LogP contribution in [0.4, 0.5) is 4.79 Å². The average Bonchev–Trinajstić information content (AvgIpc) is 2.25. The zero-order valence-corrected chi connectivity index (χ0v) is 11.7. The average molecular weight is 255 g/mol. The quantitative estimate of drug-likeness (QED) is 0.785. The molecule has 1 saturated carbocycles. The molecule has 1 N–H and O–H groups in total. The Morgan fingerprint density at radius 1 is 1.33 bits per heavy atom. The third-order valence-electron chi connectivity index (χ3n) is 2.84. The Morgan fingerprint density at radius 3 is 2.44 bits per heavy atom. The molecule has 0 aliphatic heterocycles. The topological polar surface area (TPSA) is 47.6 Å². The van der Waals surface area contributed by atoms with Crippen molar-refractivity contribution in [3.63, 3.8) is 0 Å². The monoisotopic (exact) mass is 255 g/mol. The smallest absolute Gasteiger partial charge is 0.407 e. The highest BCUT2D eigenvalue weighted by Crippen LogP contribution is 2.21. The number of amides is 1. The Kier molecular flexibility index (Phi) is 5.66. The lowest BCUT2D eigenvalue weighted by Crippen LogP contribution is -2.41. The highest BCUT2D eigenvalue weighted by atomic mass is 16.6. The highest BCUT2D eigenvalue weighted by molar-refractivity contribution is 5.68. The minimum absolute atomic E-state index is 0.212. The number of hydrogen-bond donors (Lipinski definition) is 1. The lowest BCUT2D eigenvalue weighted by atomic mass is 9.93. The molecular formula is C14H25NO3. The minimum Gasteiger partial charge on any atom is -0.444 e. The maximum atomic E-state index is 11.6. The van der Waals surface area contributed by atoms with Crippen LogP contribution in [0, 0.1) is 0 Å². The second kappa shape index (κ2) is 6.78. The second-order valence-corrected chi connectivity index (χ2v) is 5.74. The van der Waals surface area contributed by atoms with E-state index in [0.29, 0.717) is 12.7 Å². The molecule has 0 spiro atoms. The first-order chi connectivity index (χ1) is 8.40. The SMILES string of the molecule is C=CCO[C@H]1CC[C@H](NC(=O)OC(C)(C)C)CC1. The summed E-state index contributed by atoms with van der Waals surface area (Å²) in [5.74, 6) is 0. The van der Waals surface area contributed by atoms with Crippen LogP contribution >= 0.6 is 0 Å². The van der Waals surface area contributed by atoms with Crippen molar-refractivity contribution in [3.05, 3.63) is 12.7 Å². The molecule has 0 bridgehead atoms. The van der Waals surface area contributed by atoms with Gasteiger partial charge in [0.2, 0.25) is 0 Å². The molecule has 1 amide bonds. The highest BCUT2D eigenvalue weighted by Gasteiger charge is 2.24. The van der Waals surface area contributed by atoms with Crippen LogP contribution in [0.15, 0.2) is 12.7 Å². The van der Waals surface area contributed by atoms with Crippen molar-refractivity contribution in [3.8, 4) is 0 Å². The first-order valence-electron chi connectivity index (χ1n) is 6.62. The molecule has 0 aromatic heterocycles. The molecule has 0 saturated heterocycles. The van der Waals surface area contributed by atoms with Gasteiger partial charge in [0.1, 0.15) is 5.60 Å². The van der Waals surface area contributed by atoms with E-state index in [1.165, 1.54) is 0 Å². The number of nitrogens with one attached hydrogen (secondary N) is 1. The van der Waals surface area contributed by atoms with Crippen LogP contribution in [0.5, 0.6) is 0 Å². The molecule has 18 heavy (non-hydrogen) atoms. The fraction of sp³-hybridized carbons (Fsp3) is 0.786. The van der Waals surface area contributed by atoms with E-state index >= 15 is 0 Å². The van der Waals surface area contributed by atoms with Gasteiger partial charge >= 0.3 is 6.09 Å². The maximum Gasteiger partial charge on any atom is 0.407 e. The van der Waals surface area contributed by atoms with Gasteiger partial charge in [-0.1, -0.05) is 6.08 Å². The van der Waals surface area contributed by atoms with Crippen molar-refractivity contribution in [2.75, 3.05) is 6.61 Å². The molecule has 0 atom stereocenters. The summed E-state index contributed by atoms with van der Waals surface area (Å²) in [5.41, 5.74) is -0.436. The zero-order chi connectivity index (χ0) is 13.6. The molecule has 4 heteroatoms. The predicted molar refractivity (Wildman–Crippen MR) is 71.6 cm³/mol. The van der Waals surface area contributed by atoms with Crippen LogP contribution in [0.1, 0.15) is 46.5 Å². The summed E-state index contributed by atoms with van der Waals surface area (Å²) in [6, 6.07) is 0.212. The number of carbonyl (C=O) groups is 1. The molecule has 4 nitrogen and oxygen atoms in total. The van der Waals surface area contributed by atoms with Gasteiger partial charge in [-0.3, -0.25) is 0 Å². The standard InChI is InChI=1S/C14H25NO3/c1-5-10-17-12-8-6-11(7-9-12)15-13(16)18-14(2,3)4/h5,11-12H,1,6-10H2,2-4H3,(H,15,16)/t11-,12-. The molecule has 1 fully saturated rings. The Balaban J connectivity index is 2.23. The van der Waals surface area contributed by atoms with Crippen LogP contribution in [0.3, 0.4) is 0 Å². The lowest BCUT2D eigenvalue weighted by molar-refractivity contribution is 0.0304. The van der Waals surface area contributed by atoms with Crippen LogP contribution < -0.4 is 5.32 Å². The van der Waals surface area contributed by atoms with Crippen LogP contribution in [-0.2, 0) is 9.47 Å². The number of carbonyl (C=O) groups excluding carboxylic acids is 1. The summed E-state index contributed by atoms with van der Waals surface area (Å²) in [6.45, 7) is 9.84. The molecule has 0 heterocycles. The molecule has 0 aromatic rings. The van der Waals surface area contributed by atoms with Gasteiger partial charge in [0.15, 0.2) is 0 Å². The van der Waals surface area contributed by atoms with Gasteiger partial charge in [0.05, 0.1) is 12.7 Å². The van der Waals surface area contributed by atoms with Gasteiger partial charge in [-0.15, -0.1) is 6.58 Å². The molecular weight excluding hydrogens is 230 g/mol. The Hall–Kier alpha value is -1.03. The lowest BCUT2D eigenvalue weighted by Gasteiger charge is -2.29. The van der Waals surface area contributed by atoms with Crippen molar-refractivity contribution in [1.29, 1.82) is 0 Å². The Bertz CT molecular complexity index is 275. The maximum absolute atomic E-state index is 11.6. The third kappa shape index (κ3) is 6.05. The van der Waals surface area contributed by atoms with Crippen molar-refractivity contribution in [2.24, 2.45) is 0 Å². The van der Waals surface area contributed by atoms with Crippen molar-refractivity contribution < 1.29 is 14.3 Å². The van der Waals surface area contributed by atoms with E-state index in [0.717, 1.165) is 25.7 Å². The molecule has 1 aliphatic carbocycles. The number of alkyl carbamates (subject to hydrolysis) is 1. The number of rotatable bonds is 4. The summed E-state index contributed by atoms with van der Waals surface area (Å²) < 4.78 is 10.8. The normalized spacial score (nSPS) is 24.4. The van der Waals surface area contributed by atoms with Crippen molar-refractivity contribution in [1.82, 2.24) is 5.32 Å². The minimum atomic E-state index is -0.436. The van der Waals surface area contributed by atoms with Gasteiger partial charge in [-0.25, -0.2) is 4.79 Å². The molecule has 0 radical (unpaired) electrons. The number of hydrogen-bond acceptors (Lipinski definition) is 3. The first-order valence-corrected chi connectivity index (χ1v) is 6.62. The third-order valence-corrected chi connectivity index (χ3v) is 2.84. The first kappa shape index (κ1) is 15.0. The van der Waals surface area contributed by atoms with E-state index in [1.807, 2.05) is 20.8 Å². The molecule has 1 aliphatic rings. The van der Waals surface area contributed by atoms with Gasteiger partial charge in [0.25, 0.3) is 0 Å².